The van der Waals surface area contributed by atoms with Crippen LogP contribution in [0.4, 0.5) is 5.69 Å². The number of hydrazine groups is 1. The maximum absolute atomic E-state index is 13.4. The zero-order chi connectivity index (χ0) is 19.8. The molecule has 4 heteroatoms. The van der Waals surface area contributed by atoms with Gasteiger partial charge in [-0.1, -0.05) is 54.6 Å². The summed E-state index contributed by atoms with van der Waals surface area (Å²) in [4.78, 5) is 13.4. The largest absolute Gasteiger partial charge is 0.282 e. The lowest BCUT2D eigenvalue weighted by molar-refractivity contribution is -0.134. The minimum atomic E-state index is 0.0719. The Morgan fingerprint density at radius 3 is 2.41 bits per heavy atom. The van der Waals surface area contributed by atoms with Crippen LogP contribution in [0.1, 0.15) is 36.3 Å². The van der Waals surface area contributed by atoms with Crippen LogP contribution in [0.2, 0.25) is 0 Å². The van der Waals surface area contributed by atoms with Gasteiger partial charge in [0.1, 0.15) is 0 Å². The number of nitriles is 1. The van der Waals surface area contributed by atoms with Crippen LogP contribution < -0.4 is 5.01 Å². The Balaban J connectivity index is 1.47. The summed E-state index contributed by atoms with van der Waals surface area (Å²) >= 11 is 0. The average Bonchev–Trinajstić information content (AvgIpc) is 3.59. The molecular formula is C25H23N3O. The topological polar surface area (TPSA) is 47.3 Å². The van der Waals surface area contributed by atoms with Crippen LogP contribution >= 0.6 is 0 Å². The highest BCUT2D eigenvalue weighted by Crippen LogP contribution is 2.49. The van der Waals surface area contributed by atoms with E-state index < -0.39 is 0 Å². The molecule has 2 aliphatic rings. The third-order valence-electron chi connectivity index (χ3n) is 6.17. The molecular weight excluding hydrogens is 358 g/mol. The zero-order valence-corrected chi connectivity index (χ0v) is 16.3. The number of nitrogens with zero attached hydrogens (tertiary/aromatic N) is 3. The smallest absolute Gasteiger partial charge is 0.244 e. The number of hydrogen-bond acceptors (Lipinski definition) is 3. The predicted molar refractivity (Wildman–Crippen MR) is 114 cm³/mol. The van der Waals surface area contributed by atoms with Crippen molar-refractivity contribution < 1.29 is 4.79 Å². The first-order chi connectivity index (χ1) is 14.3. The van der Waals surface area contributed by atoms with E-state index in [0.29, 0.717) is 11.5 Å². The maximum atomic E-state index is 13.4. The van der Waals surface area contributed by atoms with Gasteiger partial charge in [-0.15, -0.1) is 0 Å². The van der Waals surface area contributed by atoms with Crippen molar-refractivity contribution in [3.05, 3.63) is 77.9 Å². The summed E-state index contributed by atoms with van der Waals surface area (Å²) in [5, 5.41) is 15.6. The molecule has 5 rings (SSSR count). The predicted octanol–water partition coefficient (Wildman–Crippen LogP) is 4.86. The number of benzene rings is 3. The molecule has 29 heavy (non-hydrogen) atoms. The Hall–Kier alpha value is -3.32. The normalized spacial score (nSPS) is 21.1. The highest BCUT2D eigenvalue weighted by Gasteiger charge is 2.47. The molecule has 144 valence electrons. The van der Waals surface area contributed by atoms with Crippen molar-refractivity contribution in [3.63, 3.8) is 0 Å². The second-order valence-electron chi connectivity index (χ2n) is 7.94. The molecule has 3 aromatic rings. The summed E-state index contributed by atoms with van der Waals surface area (Å²) in [5.41, 5.74) is 2.95. The molecule has 1 aliphatic heterocycles. The molecule has 0 N–H and O–H groups in total. The monoisotopic (exact) mass is 381 g/mol. The van der Waals surface area contributed by atoms with Gasteiger partial charge in [0, 0.05) is 29.8 Å². The molecule has 0 spiro atoms. The van der Waals surface area contributed by atoms with E-state index in [2.05, 4.69) is 23.2 Å². The fourth-order valence-corrected chi connectivity index (χ4v) is 4.58. The molecule has 0 aromatic heterocycles. The van der Waals surface area contributed by atoms with Gasteiger partial charge in [-0.2, -0.15) is 5.26 Å². The lowest BCUT2D eigenvalue weighted by Crippen LogP contribution is -2.51. The first-order valence-electron chi connectivity index (χ1n) is 10.3. The fourth-order valence-electron chi connectivity index (χ4n) is 4.58. The van der Waals surface area contributed by atoms with Gasteiger partial charge in [-0.3, -0.25) is 14.8 Å². The minimum Gasteiger partial charge on any atom is -0.282 e. The maximum Gasteiger partial charge on any atom is 0.244 e. The first kappa shape index (κ1) is 17.8. The van der Waals surface area contributed by atoms with Crippen LogP contribution in [0, 0.1) is 17.2 Å². The highest BCUT2D eigenvalue weighted by molar-refractivity contribution is 5.98. The second-order valence-corrected chi connectivity index (χ2v) is 7.94. The number of anilines is 1. The Morgan fingerprint density at radius 1 is 0.897 bits per heavy atom. The Labute approximate surface area is 170 Å². The van der Waals surface area contributed by atoms with E-state index in [0.717, 1.165) is 48.8 Å². The molecule has 0 bridgehead atoms. The molecule has 2 atom stereocenters. The van der Waals surface area contributed by atoms with Crippen molar-refractivity contribution >= 4 is 22.4 Å². The van der Waals surface area contributed by atoms with Crippen molar-refractivity contribution in [1.29, 1.82) is 5.26 Å². The summed E-state index contributed by atoms with van der Waals surface area (Å²) in [6.07, 6.45) is 3.02. The van der Waals surface area contributed by atoms with Crippen molar-refractivity contribution in [2.75, 3.05) is 18.1 Å². The van der Waals surface area contributed by atoms with Crippen molar-refractivity contribution in [2.24, 2.45) is 5.92 Å². The van der Waals surface area contributed by atoms with E-state index in [-0.39, 0.29) is 11.8 Å². The number of carbonyl (C=O) groups is 1. The Morgan fingerprint density at radius 2 is 1.62 bits per heavy atom. The van der Waals surface area contributed by atoms with Gasteiger partial charge in [0.25, 0.3) is 0 Å². The summed E-state index contributed by atoms with van der Waals surface area (Å²) in [6, 6.07) is 24.5. The van der Waals surface area contributed by atoms with E-state index in [1.54, 1.807) is 0 Å². The third kappa shape index (κ3) is 3.13. The molecule has 1 saturated carbocycles. The number of fused-ring (bicyclic) bond motifs is 1. The van der Waals surface area contributed by atoms with Crippen LogP contribution in [0.3, 0.4) is 0 Å². The molecule has 1 amide bonds. The summed E-state index contributed by atoms with van der Waals surface area (Å²) < 4.78 is 0. The number of amides is 1. The molecule has 3 aromatic carbocycles. The Bertz CT molecular complexity index is 1100. The molecule has 0 radical (unpaired) electrons. The van der Waals surface area contributed by atoms with Crippen molar-refractivity contribution in [2.45, 2.75) is 25.2 Å². The van der Waals surface area contributed by atoms with Gasteiger partial charge < -0.3 is 0 Å². The molecule has 4 nitrogen and oxygen atoms in total. The van der Waals surface area contributed by atoms with Gasteiger partial charge in [0.2, 0.25) is 5.91 Å². The Kier molecular flexibility index (Phi) is 4.44. The van der Waals surface area contributed by atoms with Gasteiger partial charge in [-0.25, -0.2) is 0 Å². The lowest BCUT2D eigenvalue weighted by Gasteiger charge is -2.41. The van der Waals surface area contributed by atoms with E-state index >= 15 is 0 Å². The quantitative estimate of drug-likeness (QED) is 0.651. The van der Waals surface area contributed by atoms with Gasteiger partial charge >= 0.3 is 0 Å². The molecule has 0 unspecified atom stereocenters. The van der Waals surface area contributed by atoms with E-state index in [4.69, 9.17) is 0 Å². The number of rotatable bonds is 3. The zero-order valence-electron chi connectivity index (χ0n) is 16.3. The standard InChI is InChI=1S/C25H23N3O/c26-17-19-12-13-24(21-11-5-4-10-20(19)21)27-14-6-7-15-28(27)25(29)23-16-22(23)18-8-2-1-3-9-18/h1-5,8-13,22-23H,6-7,14-16H2/t22-,23+/m1/s1. The fraction of sp³-hybridized carbons (Fsp3) is 0.280. The van der Waals surface area contributed by atoms with Gasteiger partial charge in [-0.05, 0) is 42.9 Å². The second kappa shape index (κ2) is 7.25. The summed E-state index contributed by atoms with van der Waals surface area (Å²) in [5.74, 6) is 0.639. The third-order valence-corrected chi connectivity index (χ3v) is 6.17. The average molecular weight is 381 g/mol. The van der Waals surface area contributed by atoms with E-state index in [1.165, 1.54) is 5.56 Å². The molecule has 1 heterocycles. The summed E-state index contributed by atoms with van der Waals surface area (Å²) in [7, 11) is 0. The van der Waals surface area contributed by atoms with Crippen molar-refractivity contribution in [1.82, 2.24) is 5.01 Å². The molecule has 1 aliphatic carbocycles. The molecule has 2 fully saturated rings. The highest BCUT2D eigenvalue weighted by atomic mass is 16.2. The van der Waals surface area contributed by atoms with Crippen molar-refractivity contribution in [3.8, 4) is 6.07 Å². The van der Waals surface area contributed by atoms with Crippen LogP contribution in [0.5, 0.6) is 0 Å². The van der Waals surface area contributed by atoms with E-state index in [1.807, 2.05) is 59.6 Å². The van der Waals surface area contributed by atoms with Gasteiger partial charge in [0.05, 0.1) is 17.3 Å². The molecule has 1 saturated heterocycles. The number of carbonyl (C=O) groups excluding carboxylic acids is 1. The minimum absolute atomic E-state index is 0.0719. The van der Waals surface area contributed by atoms with Gasteiger partial charge in [0.15, 0.2) is 0 Å². The van der Waals surface area contributed by atoms with Crippen LogP contribution in [-0.2, 0) is 4.79 Å². The summed E-state index contributed by atoms with van der Waals surface area (Å²) in [6.45, 7) is 1.58. The van der Waals surface area contributed by atoms with Crippen LogP contribution in [-0.4, -0.2) is 24.0 Å². The SMILES string of the molecule is N#Cc1ccc(N2CCCCN2C(=O)[C@H]2C[C@@H]2c2ccccc2)c2ccccc12. The number of hydrogen-bond donors (Lipinski definition) is 0. The van der Waals surface area contributed by atoms with E-state index in [9.17, 15) is 10.1 Å². The lowest BCUT2D eigenvalue weighted by atomic mass is 10.0. The first-order valence-corrected chi connectivity index (χ1v) is 10.3. The van der Waals surface area contributed by atoms with Crippen LogP contribution in [0.15, 0.2) is 66.7 Å². The van der Waals surface area contributed by atoms with Crippen LogP contribution in [0.25, 0.3) is 10.8 Å².